The van der Waals surface area contributed by atoms with Crippen molar-refractivity contribution in [1.29, 1.82) is 0 Å². The summed E-state index contributed by atoms with van der Waals surface area (Å²) in [7, 11) is 0. The summed E-state index contributed by atoms with van der Waals surface area (Å²) in [5.74, 6) is 0. The van der Waals surface area contributed by atoms with Gasteiger partial charge in [0.15, 0.2) is 0 Å². The molecule has 15 rings (SSSR count). The summed E-state index contributed by atoms with van der Waals surface area (Å²) in [6.07, 6.45) is 0. The first-order valence-corrected chi connectivity index (χ1v) is 27.1. The summed E-state index contributed by atoms with van der Waals surface area (Å²) < 4.78 is 4.72. The van der Waals surface area contributed by atoms with Crippen LogP contribution in [0.4, 0.5) is 34.1 Å². The van der Waals surface area contributed by atoms with Crippen molar-refractivity contribution in [2.75, 3.05) is 9.80 Å². The molecule has 376 valence electrons. The molecular formula is C74H50N6. The first-order chi connectivity index (χ1) is 39.7. The minimum absolute atomic E-state index is 0.807. The lowest BCUT2D eigenvalue weighted by Gasteiger charge is -2.26. The maximum atomic E-state index is 5.62. The normalized spacial score (nSPS) is 11.5. The second kappa shape index (κ2) is 19.6. The van der Waals surface area contributed by atoms with Crippen molar-refractivity contribution in [2.24, 2.45) is 0 Å². The van der Waals surface area contributed by atoms with Gasteiger partial charge in [-0.2, -0.15) is 0 Å². The largest absolute Gasteiger partial charge is 0.310 e. The number of rotatable bonds is 11. The first kappa shape index (κ1) is 46.5. The highest BCUT2D eigenvalue weighted by Crippen LogP contribution is 2.44. The molecule has 6 heteroatoms. The van der Waals surface area contributed by atoms with E-state index in [-0.39, 0.29) is 0 Å². The Morgan fingerprint density at radius 3 is 1.10 bits per heavy atom. The van der Waals surface area contributed by atoms with Gasteiger partial charge in [0.25, 0.3) is 0 Å². The molecule has 0 atom stereocenters. The smallest absolute Gasteiger partial charge is 0.0973 e. The molecular weight excluding hydrogens is 973 g/mol. The Morgan fingerprint density at radius 2 is 0.625 bits per heavy atom. The average molecular weight is 1020 g/mol. The quantitative estimate of drug-likeness (QED) is 0.129. The molecule has 0 radical (unpaired) electrons. The SMILES string of the molecule is c1ccc(-c2cccc3nc(-c4ccc(N(c5ccccc5)c5ccc6c(c5)c5ccccc5n6-c5ccccc5)cc4)c(-c4ccc(N(c5ccccc5)c5ccc6c(c5)c5ccccc5n6-c5ccccc5)cc4)nc23)cc1. The van der Waals surface area contributed by atoms with Crippen LogP contribution in [0.3, 0.4) is 0 Å². The van der Waals surface area contributed by atoms with E-state index < -0.39 is 0 Å². The van der Waals surface area contributed by atoms with Gasteiger partial charge in [0.1, 0.15) is 0 Å². The zero-order chi connectivity index (χ0) is 52.9. The van der Waals surface area contributed by atoms with Crippen LogP contribution in [0.2, 0.25) is 0 Å². The maximum Gasteiger partial charge on any atom is 0.0973 e. The zero-order valence-electron chi connectivity index (χ0n) is 43.6. The van der Waals surface area contributed by atoms with E-state index in [0.717, 1.165) is 101 Å². The Morgan fingerprint density at radius 1 is 0.250 bits per heavy atom. The molecule has 0 saturated carbocycles. The molecule has 0 bridgehead atoms. The van der Waals surface area contributed by atoms with Gasteiger partial charge in [0, 0.05) is 83.7 Å². The second-order valence-corrected chi connectivity index (χ2v) is 20.2. The number of hydrogen-bond donors (Lipinski definition) is 0. The van der Waals surface area contributed by atoms with E-state index in [1.807, 2.05) is 0 Å². The minimum atomic E-state index is 0.807. The Hall–Kier alpha value is -10.8. The van der Waals surface area contributed by atoms with Crippen LogP contribution in [-0.2, 0) is 0 Å². The topological polar surface area (TPSA) is 42.1 Å². The minimum Gasteiger partial charge on any atom is -0.310 e. The van der Waals surface area contributed by atoms with Gasteiger partial charge in [0.2, 0.25) is 0 Å². The van der Waals surface area contributed by atoms with Crippen LogP contribution in [-0.4, -0.2) is 19.1 Å². The zero-order valence-corrected chi connectivity index (χ0v) is 43.6. The molecule has 0 unspecified atom stereocenters. The number of benzene rings is 12. The summed E-state index contributed by atoms with van der Waals surface area (Å²) in [5.41, 5.74) is 20.6. The van der Waals surface area contributed by atoms with Gasteiger partial charge in [0.05, 0.1) is 44.5 Å². The molecule has 0 saturated heterocycles. The molecule has 3 aromatic heterocycles. The lowest BCUT2D eigenvalue weighted by atomic mass is 10.00. The van der Waals surface area contributed by atoms with E-state index in [4.69, 9.17) is 9.97 Å². The molecule has 0 spiro atoms. The summed E-state index contributed by atoms with van der Waals surface area (Å²) in [5, 5.41) is 4.80. The van der Waals surface area contributed by atoms with Crippen molar-refractivity contribution in [1.82, 2.24) is 19.1 Å². The van der Waals surface area contributed by atoms with Crippen LogP contribution >= 0.6 is 0 Å². The molecule has 0 fully saturated rings. The van der Waals surface area contributed by atoms with Crippen LogP contribution < -0.4 is 9.80 Å². The molecule has 0 aliphatic heterocycles. The van der Waals surface area contributed by atoms with E-state index >= 15 is 0 Å². The van der Waals surface area contributed by atoms with Gasteiger partial charge in [-0.3, -0.25) is 0 Å². The fraction of sp³-hybridized carbons (Fsp3) is 0. The van der Waals surface area contributed by atoms with Gasteiger partial charge in [-0.05, 0) is 133 Å². The number of anilines is 6. The van der Waals surface area contributed by atoms with Crippen molar-refractivity contribution in [3.8, 4) is 45.0 Å². The number of para-hydroxylation sites is 7. The molecule has 3 heterocycles. The number of aromatic nitrogens is 4. The van der Waals surface area contributed by atoms with Crippen LogP contribution in [0.5, 0.6) is 0 Å². The molecule has 0 aliphatic rings. The first-order valence-electron chi connectivity index (χ1n) is 27.1. The maximum absolute atomic E-state index is 5.62. The van der Waals surface area contributed by atoms with Crippen molar-refractivity contribution < 1.29 is 0 Å². The number of fused-ring (bicyclic) bond motifs is 7. The monoisotopic (exact) mass is 1020 g/mol. The summed E-state index contributed by atoms with van der Waals surface area (Å²) in [6, 6.07) is 108. The lowest BCUT2D eigenvalue weighted by molar-refractivity contribution is 1.18. The van der Waals surface area contributed by atoms with Crippen LogP contribution in [0.15, 0.2) is 303 Å². The van der Waals surface area contributed by atoms with Crippen molar-refractivity contribution in [2.45, 2.75) is 0 Å². The predicted molar refractivity (Wildman–Crippen MR) is 334 cm³/mol. The summed E-state index contributed by atoms with van der Waals surface area (Å²) in [6.45, 7) is 0. The van der Waals surface area contributed by atoms with Crippen molar-refractivity contribution in [3.05, 3.63) is 303 Å². The molecule has 0 N–H and O–H groups in total. The number of hydrogen-bond acceptors (Lipinski definition) is 4. The fourth-order valence-electron chi connectivity index (χ4n) is 11.8. The lowest BCUT2D eigenvalue weighted by Crippen LogP contribution is -2.10. The van der Waals surface area contributed by atoms with Crippen LogP contribution in [0.25, 0.3) is 99.7 Å². The highest BCUT2D eigenvalue weighted by atomic mass is 15.1. The Bertz CT molecular complexity index is 4730. The van der Waals surface area contributed by atoms with Gasteiger partial charge < -0.3 is 18.9 Å². The molecule has 0 aliphatic carbocycles. The van der Waals surface area contributed by atoms with Gasteiger partial charge >= 0.3 is 0 Å². The summed E-state index contributed by atoms with van der Waals surface area (Å²) in [4.78, 5) is 15.8. The molecule has 12 aromatic carbocycles. The van der Waals surface area contributed by atoms with Crippen molar-refractivity contribution >= 4 is 88.8 Å². The molecule has 15 aromatic rings. The highest BCUT2D eigenvalue weighted by molar-refractivity contribution is 6.12. The van der Waals surface area contributed by atoms with E-state index in [1.54, 1.807) is 0 Å². The molecule has 0 amide bonds. The van der Waals surface area contributed by atoms with Crippen molar-refractivity contribution in [3.63, 3.8) is 0 Å². The van der Waals surface area contributed by atoms with E-state index in [9.17, 15) is 0 Å². The predicted octanol–water partition coefficient (Wildman–Crippen LogP) is 19.8. The summed E-state index contributed by atoms with van der Waals surface area (Å²) >= 11 is 0. The molecule has 80 heavy (non-hydrogen) atoms. The van der Waals surface area contributed by atoms with Gasteiger partial charge in [-0.25, -0.2) is 9.97 Å². The Kier molecular flexibility index (Phi) is 11.4. The van der Waals surface area contributed by atoms with Gasteiger partial charge in [-0.15, -0.1) is 0 Å². The van der Waals surface area contributed by atoms with Crippen LogP contribution in [0.1, 0.15) is 0 Å². The van der Waals surface area contributed by atoms with E-state index in [0.29, 0.717) is 0 Å². The van der Waals surface area contributed by atoms with E-state index in [1.165, 1.54) is 32.6 Å². The van der Waals surface area contributed by atoms with E-state index in [2.05, 4.69) is 322 Å². The average Bonchev–Trinajstić information content (AvgIpc) is 4.23. The standard InChI is InChI=1S/C74H50N6/c1-6-21-51(22-7-1)62-33-20-34-67-74(62)76-73(53-39-43-59(44-40-53)78(55-25-10-3-11-26-55)61-46-48-71-66(50-61)64-32-17-19-36-69(64)80(71)57-29-14-5-15-30-57)72(75-67)52-37-41-58(42-38-52)77(54-23-8-2-9-24-54)60-45-47-70-65(49-60)63-31-16-18-35-68(63)79(70)56-27-12-4-13-28-56/h1-50H. The third-order valence-electron chi connectivity index (χ3n) is 15.5. The third-order valence-corrected chi connectivity index (χ3v) is 15.5. The number of nitrogens with zero attached hydrogens (tertiary/aromatic N) is 6. The Balaban J connectivity index is 0.852. The van der Waals surface area contributed by atoms with Crippen LogP contribution in [0, 0.1) is 0 Å². The Labute approximate surface area is 463 Å². The third kappa shape index (κ3) is 8.05. The fourth-order valence-corrected chi connectivity index (χ4v) is 11.8. The highest BCUT2D eigenvalue weighted by Gasteiger charge is 2.22. The molecule has 6 nitrogen and oxygen atoms in total. The van der Waals surface area contributed by atoms with Gasteiger partial charge in [-0.1, -0.05) is 176 Å². The second-order valence-electron chi connectivity index (χ2n) is 20.2.